The number of aromatic nitrogens is 2. The third-order valence-corrected chi connectivity index (χ3v) is 3.84. The number of hydrogen-bond acceptors (Lipinski definition) is 4. The van der Waals surface area contributed by atoms with Crippen LogP contribution in [0.3, 0.4) is 0 Å². The van der Waals surface area contributed by atoms with E-state index in [-0.39, 0.29) is 23.2 Å². The maximum atomic E-state index is 12.1. The Morgan fingerprint density at radius 1 is 1.38 bits per heavy atom. The highest BCUT2D eigenvalue weighted by Crippen LogP contribution is 2.20. The molecule has 0 aliphatic rings. The summed E-state index contributed by atoms with van der Waals surface area (Å²) in [4.78, 5) is 20.4. The van der Waals surface area contributed by atoms with Gasteiger partial charge in [0.1, 0.15) is 12.4 Å². The summed E-state index contributed by atoms with van der Waals surface area (Å²) in [5.41, 5.74) is 0.975. The van der Waals surface area contributed by atoms with Crippen LogP contribution in [-0.2, 0) is 11.3 Å². The molecule has 0 bridgehead atoms. The van der Waals surface area contributed by atoms with Crippen molar-refractivity contribution in [1.29, 1.82) is 0 Å². The Bertz CT molecular complexity index is 662. The van der Waals surface area contributed by atoms with Crippen LogP contribution in [0, 0.1) is 0 Å². The zero-order chi connectivity index (χ0) is 15.4. The van der Waals surface area contributed by atoms with Gasteiger partial charge in [-0.15, -0.1) is 0 Å². The second-order valence-electron chi connectivity index (χ2n) is 4.75. The third kappa shape index (κ3) is 4.02. The first-order chi connectivity index (χ1) is 9.99. The Morgan fingerprint density at radius 2 is 2.10 bits per heavy atom. The molecule has 6 heteroatoms. The fourth-order valence-electron chi connectivity index (χ4n) is 1.63. The van der Waals surface area contributed by atoms with E-state index in [1.165, 1.54) is 6.20 Å². The molecule has 0 spiro atoms. The molecule has 0 radical (unpaired) electrons. The fraction of sp³-hybridized carbons (Fsp3) is 0.267. The smallest absolute Gasteiger partial charge is 0.358 e. The first kappa shape index (κ1) is 15.9. The number of benzene rings is 1. The summed E-state index contributed by atoms with van der Waals surface area (Å²) in [6.45, 7) is 4.04. The van der Waals surface area contributed by atoms with Crippen LogP contribution in [0.25, 0.3) is 0 Å². The van der Waals surface area contributed by atoms with Gasteiger partial charge in [0.15, 0.2) is 5.69 Å². The van der Waals surface area contributed by atoms with Crippen LogP contribution < -0.4 is 0 Å². The van der Waals surface area contributed by atoms with Crippen LogP contribution in [0.4, 0.5) is 0 Å². The van der Waals surface area contributed by atoms with Crippen molar-refractivity contribution in [2.75, 3.05) is 0 Å². The molecule has 1 aromatic heterocycles. The number of carbonyl (C=O) groups is 1. The zero-order valence-electron chi connectivity index (χ0n) is 11.6. The molecule has 0 saturated heterocycles. The standard InChI is InChI=1S/C15H14BrClN2O2/c1-9(2)14-18-7-12(17)13(19-14)15(20)21-8-10-5-3-4-6-11(10)16/h3-7,9H,8H2,1-2H3. The van der Waals surface area contributed by atoms with Crippen LogP contribution in [0.2, 0.25) is 5.02 Å². The Morgan fingerprint density at radius 3 is 2.76 bits per heavy atom. The van der Waals surface area contributed by atoms with E-state index < -0.39 is 5.97 Å². The summed E-state index contributed by atoms with van der Waals surface area (Å²) < 4.78 is 6.15. The molecule has 0 unspecified atom stereocenters. The molecule has 0 amide bonds. The first-order valence-electron chi connectivity index (χ1n) is 6.42. The van der Waals surface area contributed by atoms with E-state index >= 15 is 0 Å². The minimum Gasteiger partial charge on any atom is -0.456 e. The second-order valence-corrected chi connectivity index (χ2v) is 6.01. The van der Waals surface area contributed by atoms with E-state index in [0.717, 1.165) is 10.0 Å². The minimum atomic E-state index is -0.556. The van der Waals surface area contributed by atoms with E-state index in [2.05, 4.69) is 25.9 Å². The largest absolute Gasteiger partial charge is 0.456 e. The van der Waals surface area contributed by atoms with Crippen LogP contribution >= 0.6 is 27.5 Å². The van der Waals surface area contributed by atoms with Crippen molar-refractivity contribution >= 4 is 33.5 Å². The summed E-state index contributed by atoms with van der Waals surface area (Å²) in [6.07, 6.45) is 1.43. The van der Waals surface area contributed by atoms with Gasteiger partial charge in [-0.2, -0.15) is 0 Å². The quantitative estimate of drug-likeness (QED) is 0.751. The van der Waals surface area contributed by atoms with E-state index in [1.54, 1.807) is 0 Å². The zero-order valence-corrected chi connectivity index (χ0v) is 14.0. The third-order valence-electron chi connectivity index (χ3n) is 2.79. The summed E-state index contributed by atoms with van der Waals surface area (Å²) in [7, 11) is 0. The maximum absolute atomic E-state index is 12.1. The molecule has 1 aromatic carbocycles. The average molecular weight is 370 g/mol. The molecule has 0 aliphatic carbocycles. The van der Waals surface area contributed by atoms with Gasteiger partial charge >= 0.3 is 5.97 Å². The van der Waals surface area contributed by atoms with Crippen molar-refractivity contribution < 1.29 is 9.53 Å². The summed E-state index contributed by atoms with van der Waals surface area (Å²) in [5.74, 6) is 0.115. The van der Waals surface area contributed by atoms with Crippen molar-refractivity contribution in [2.24, 2.45) is 0 Å². The molecule has 0 aliphatic heterocycles. The van der Waals surface area contributed by atoms with Crippen molar-refractivity contribution in [3.8, 4) is 0 Å². The van der Waals surface area contributed by atoms with Crippen LogP contribution in [0.15, 0.2) is 34.9 Å². The summed E-state index contributed by atoms with van der Waals surface area (Å²) >= 11 is 9.38. The van der Waals surface area contributed by atoms with Crippen molar-refractivity contribution in [3.63, 3.8) is 0 Å². The molecule has 0 fully saturated rings. The summed E-state index contributed by atoms with van der Waals surface area (Å²) in [6, 6.07) is 7.53. The molecule has 0 saturated carbocycles. The van der Waals surface area contributed by atoms with Gasteiger partial charge in [-0.05, 0) is 6.07 Å². The van der Waals surface area contributed by atoms with Gasteiger partial charge in [0.2, 0.25) is 0 Å². The number of nitrogens with zero attached hydrogens (tertiary/aromatic N) is 2. The Labute approximate surface area is 136 Å². The number of carbonyl (C=O) groups excluding carboxylic acids is 1. The molecule has 110 valence electrons. The van der Waals surface area contributed by atoms with Gasteiger partial charge in [0.05, 0.1) is 11.2 Å². The first-order valence-corrected chi connectivity index (χ1v) is 7.59. The van der Waals surface area contributed by atoms with Crippen molar-refractivity contribution in [3.05, 3.63) is 57.0 Å². The number of hydrogen-bond donors (Lipinski definition) is 0. The average Bonchev–Trinajstić information content (AvgIpc) is 2.46. The minimum absolute atomic E-state index is 0.0995. The lowest BCUT2D eigenvalue weighted by molar-refractivity contribution is 0.0464. The highest BCUT2D eigenvalue weighted by Gasteiger charge is 2.17. The van der Waals surface area contributed by atoms with Crippen LogP contribution in [0.1, 0.15) is 41.6 Å². The van der Waals surface area contributed by atoms with Gasteiger partial charge in [-0.1, -0.05) is 59.6 Å². The highest BCUT2D eigenvalue weighted by atomic mass is 79.9. The lowest BCUT2D eigenvalue weighted by atomic mass is 10.2. The molecular formula is C15H14BrClN2O2. The number of esters is 1. The molecule has 2 aromatic rings. The maximum Gasteiger partial charge on any atom is 0.358 e. The normalized spacial score (nSPS) is 10.7. The topological polar surface area (TPSA) is 52.1 Å². The number of halogens is 2. The molecule has 2 rings (SSSR count). The van der Waals surface area contributed by atoms with Gasteiger partial charge in [0.25, 0.3) is 0 Å². The molecule has 0 N–H and O–H groups in total. The SMILES string of the molecule is CC(C)c1ncc(Cl)c(C(=O)OCc2ccccc2Br)n1. The van der Waals surface area contributed by atoms with E-state index in [9.17, 15) is 4.79 Å². The Hall–Kier alpha value is -1.46. The van der Waals surface area contributed by atoms with E-state index in [4.69, 9.17) is 16.3 Å². The van der Waals surface area contributed by atoms with Gasteiger partial charge in [0, 0.05) is 16.0 Å². The molecule has 4 nitrogen and oxygen atoms in total. The Kier molecular flexibility index (Phi) is 5.31. The molecular weight excluding hydrogens is 356 g/mol. The highest BCUT2D eigenvalue weighted by molar-refractivity contribution is 9.10. The molecule has 0 atom stereocenters. The van der Waals surface area contributed by atoms with E-state index in [0.29, 0.717) is 5.82 Å². The summed E-state index contributed by atoms with van der Waals surface area (Å²) in [5, 5.41) is 0.191. The van der Waals surface area contributed by atoms with Gasteiger partial charge in [-0.25, -0.2) is 14.8 Å². The lowest BCUT2D eigenvalue weighted by Crippen LogP contribution is -2.11. The molecule has 21 heavy (non-hydrogen) atoms. The predicted octanol–water partition coefficient (Wildman–Crippen LogP) is 4.37. The van der Waals surface area contributed by atoms with Crippen LogP contribution in [-0.4, -0.2) is 15.9 Å². The number of rotatable bonds is 4. The fourth-order valence-corrected chi connectivity index (χ4v) is 2.20. The monoisotopic (exact) mass is 368 g/mol. The van der Waals surface area contributed by atoms with Gasteiger partial charge in [-0.3, -0.25) is 0 Å². The van der Waals surface area contributed by atoms with Crippen LogP contribution in [0.5, 0.6) is 0 Å². The van der Waals surface area contributed by atoms with Crippen molar-refractivity contribution in [1.82, 2.24) is 9.97 Å². The predicted molar refractivity (Wildman–Crippen MR) is 84.4 cm³/mol. The molecule has 1 heterocycles. The number of ether oxygens (including phenoxy) is 1. The van der Waals surface area contributed by atoms with Gasteiger partial charge < -0.3 is 4.74 Å². The lowest BCUT2D eigenvalue weighted by Gasteiger charge is -2.09. The second kappa shape index (κ2) is 7.00. The van der Waals surface area contributed by atoms with Crippen molar-refractivity contribution in [2.45, 2.75) is 26.4 Å². The Balaban J connectivity index is 2.14. The van der Waals surface area contributed by atoms with E-state index in [1.807, 2.05) is 38.1 Å².